The van der Waals surface area contributed by atoms with Crippen LogP contribution < -0.4 is 0 Å². The van der Waals surface area contributed by atoms with Gasteiger partial charge in [-0.15, -0.1) is 0 Å². The molecule has 1 aliphatic heterocycles. The third-order valence-electron chi connectivity index (χ3n) is 3.43. The predicted molar refractivity (Wildman–Crippen MR) is 96.1 cm³/mol. The van der Waals surface area contributed by atoms with E-state index in [1.54, 1.807) is 36.4 Å². The van der Waals surface area contributed by atoms with Gasteiger partial charge in [0.15, 0.2) is 0 Å². The number of phenols is 1. The van der Waals surface area contributed by atoms with Crippen LogP contribution in [-0.2, 0) is 11.3 Å². The Hall–Kier alpha value is -1.95. The summed E-state index contributed by atoms with van der Waals surface area (Å²) >= 11 is 12.8. The zero-order chi connectivity index (χ0) is 17.3. The van der Waals surface area contributed by atoms with E-state index in [9.17, 15) is 14.7 Å². The number of hydrogen-bond donors (Lipinski definition) is 1. The molecule has 0 saturated carbocycles. The monoisotopic (exact) mass is 379 g/mol. The number of benzene rings is 2. The van der Waals surface area contributed by atoms with Gasteiger partial charge in [-0.2, -0.15) is 0 Å². The highest BCUT2D eigenvalue weighted by Gasteiger charge is 2.35. The van der Waals surface area contributed by atoms with Crippen molar-refractivity contribution in [2.75, 3.05) is 0 Å². The second kappa shape index (κ2) is 6.89. The van der Waals surface area contributed by atoms with E-state index in [1.165, 1.54) is 12.1 Å². The summed E-state index contributed by atoms with van der Waals surface area (Å²) in [4.78, 5) is 26.1. The number of thioether (sulfide) groups is 1. The van der Waals surface area contributed by atoms with Crippen LogP contribution in [0.5, 0.6) is 5.75 Å². The molecule has 0 aliphatic carbocycles. The van der Waals surface area contributed by atoms with E-state index in [-0.39, 0.29) is 28.5 Å². The fraction of sp³-hybridized carbons (Fsp3) is 0.0588. The SMILES string of the molecule is O=C1S/C(=C\c2ccc(O)c(Cl)c2)C(=O)N1Cc1ccccc1Cl. The molecule has 1 fully saturated rings. The molecule has 0 bridgehead atoms. The van der Waals surface area contributed by atoms with E-state index in [0.717, 1.165) is 16.7 Å². The number of amides is 2. The zero-order valence-corrected chi connectivity index (χ0v) is 14.5. The molecule has 0 atom stereocenters. The van der Waals surface area contributed by atoms with Crippen LogP contribution in [0, 0.1) is 0 Å². The van der Waals surface area contributed by atoms with Crippen molar-refractivity contribution in [1.29, 1.82) is 0 Å². The van der Waals surface area contributed by atoms with Crippen LogP contribution in [0.15, 0.2) is 47.4 Å². The Labute approximate surface area is 152 Å². The Morgan fingerprint density at radius 3 is 2.54 bits per heavy atom. The maximum atomic E-state index is 12.5. The average molecular weight is 380 g/mol. The number of carbonyl (C=O) groups is 2. The lowest BCUT2D eigenvalue weighted by Crippen LogP contribution is -2.27. The highest BCUT2D eigenvalue weighted by atomic mass is 35.5. The maximum absolute atomic E-state index is 12.5. The van der Waals surface area contributed by atoms with Gasteiger partial charge in [-0.05, 0) is 47.2 Å². The van der Waals surface area contributed by atoms with Crippen molar-refractivity contribution < 1.29 is 14.7 Å². The first-order chi connectivity index (χ1) is 11.5. The maximum Gasteiger partial charge on any atom is 0.293 e. The Morgan fingerprint density at radius 2 is 1.83 bits per heavy atom. The number of phenolic OH excluding ortho intramolecular Hbond substituents is 1. The van der Waals surface area contributed by atoms with Crippen molar-refractivity contribution in [1.82, 2.24) is 4.90 Å². The van der Waals surface area contributed by atoms with E-state index in [0.29, 0.717) is 21.1 Å². The minimum Gasteiger partial charge on any atom is -0.506 e. The van der Waals surface area contributed by atoms with E-state index >= 15 is 0 Å². The van der Waals surface area contributed by atoms with Crippen LogP contribution in [0.4, 0.5) is 4.79 Å². The molecule has 1 heterocycles. The summed E-state index contributed by atoms with van der Waals surface area (Å²) in [6.45, 7) is 0.123. The third-order valence-corrected chi connectivity index (χ3v) is 5.01. The molecule has 3 rings (SSSR count). The van der Waals surface area contributed by atoms with Crippen molar-refractivity contribution in [3.8, 4) is 5.75 Å². The van der Waals surface area contributed by atoms with Gasteiger partial charge in [0.2, 0.25) is 0 Å². The molecule has 1 saturated heterocycles. The predicted octanol–water partition coefficient (Wildman–Crippen LogP) is 4.94. The first-order valence-corrected chi connectivity index (χ1v) is 8.50. The van der Waals surface area contributed by atoms with Gasteiger partial charge in [0.25, 0.3) is 11.1 Å². The van der Waals surface area contributed by atoms with Crippen LogP contribution >= 0.6 is 35.0 Å². The van der Waals surface area contributed by atoms with Crippen molar-refractivity contribution in [3.05, 3.63) is 68.5 Å². The summed E-state index contributed by atoms with van der Waals surface area (Å²) < 4.78 is 0. The number of imide groups is 1. The van der Waals surface area contributed by atoms with Crippen LogP contribution in [-0.4, -0.2) is 21.2 Å². The standard InChI is InChI=1S/C17H11Cl2NO3S/c18-12-4-2-1-3-11(12)9-20-16(22)15(24-17(20)23)8-10-5-6-14(21)13(19)7-10/h1-8,21H,9H2/b15-8-. The van der Waals surface area contributed by atoms with Gasteiger partial charge >= 0.3 is 0 Å². The molecular formula is C17H11Cl2NO3S. The Balaban J connectivity index is 1.84. The van der Waals surface area contributed by atoms with Gasteiger partial charge in [-0.3, -0.25) is 14.5 Å². The minimum absolute atomic E-state index is 0.0411. The Morgan fingerprint density at radius 1 is 1.08 bits per heavy atom. The van der Waals surface area contributed by atoms with Gasteiger partial charge in [0.05, 0.1) is 16.5 Å². The van der Waals surface area contributed by atoms with Gasteiger partial charge in [0.1, 0.15) is 5.75 Å². The van der Waals surface area contributed by atoms with Gasteiger partial charge in [-0.1, -0.05) is 47.5 Å². The molecule has 2 aromatic rings. The molecule has 24 heavy (non-hydrogen) atoms. The summed E-state index contributed by atoms with van der Waals surface area (Å²) in [5, 5.41) is 9.77. The lowest BCUT2D eigenvalue weighted by Gasteiger charge is -2.13. The van der Waals surface area contributed by atoms with Crippen molar-refractivity contribution >= 4 is 52.2 Å². The van der Waals surface area contributed by atoms with Crippen LogP contribution in [0.25, 0.3) is 6.08 Å². The number of aromatic hydroxyl groups is 1. The first-order valence-electron chi connectivity index (χ1n) is 6.93. The normalized spacial score (nSPS) is 16.2. The quantitative estimate of drug-likeness (QED) is 0.767. The topological polar surface area (TPSA) is 57.6 Å². The Kier molecular flexibility index (Phi) is 4.85. The lowest BCUT2D eigenvalue weighted by molar-refractivity contribution is -0.123. The second-order valence-corrected chi connectivity index (χ2v) is 6.88. The zero-order valence-electron chi connectivity index (χ0n) is 12.2. The van der Waals surface area contributed by atoms with Gasteiger partial charge in [0, 0.05) is 5.02 Å². The number of rotatable bonds is 3. The molecule has 2 aromatic carbocycles. The van der Waals surface area contributed by atoms with Crippen molar-refractivity contribution in [2.45, 2.75) is 6.54 Å². The molecule has 0 radical (unpaired) electrons. The molecule has 122 valence electrons. The number of nitrogens with zero attached hydrogens (tertiary/aromatic N) is 1. The van der Waals surface area contributed by atoms with Crippen LogP contribution in [0.2, 0.25) is 10.0 Å². The molecule has 2 amide bonds. The van der Waals surface area contributed by atoms with Gasteiger partial charge < -0.3 is 5.11 Å². The summed E-state index contributed by atoms with van der Waals surface area (Å²) in [5.41, 5.74) is 1.33. The van der Waals surface area contributed by atoms with E-state index in [1.807, 2.05) is 0 Å². The van der Waals surface area contributed by atoms with E-state index < -0.39 is 0 Å². The minimum atomic E-state index is -0.380. The highest BCUT2D eigenvalue weighted by Crippen LogP contribution is 2.35. The second-order valence-electron chi connectivity index (χ2n) is 5.07. The molecule has 0 spiro atoms. The van der Waals surface area contributed by atoms with E-state index in [4.69, 9.17) is 23.2 Å². The van der Waals surface area contributed by atoms with Gasteiger partial charge in [-0.25, -0.2) is 0 Å². The fourth-order valence-corrected chi connectivity index (χ4v) is 3.42. The van der Waals surface area contributed by atoms with Crippen LogP contribution in [0.3, 0.4) is 0 Å². The van der Waals surface area contributed by atoms with Crippen molar-refractivity contribution in [2.24, 2.45) is 0 Å². The van der Waals surface area contributed by atoms with Crippen molar-refractivity contribution in [3.63, 3.8) is 0 Å². The molecular weight excluding hydrogens is 369 g/mol. The molecule has 1 aliphatic rings. The number of halogens is 2. The van der Waals surface area contributed by atoms with E-state index in [2.05, 4.69) is 0 Å². The summed E-state index contributed by atoms with van der Waals surface area (Å²) in [5.74, 6) is -0.422. The lowest BCUT2D eigenvalue weighted by atomic mass is 10.2. The molecule has 4 nitrogen and oxygen atoms in total. The third kappa shape index (κ3) is 3.43. The summed E-state index contributed by atoms with van der Waals surface area (Å²) in [6.07, 6.45) is 1.57. The number of hydrogen-bond acceptors (Lipinski definition) is 4. The molecule has 0 aromatic heterocycles. The number of carbonyl (C=O) groups excluding carboxylic acids is 2. The smallest absolute Gasteiger partial charge is 0.293 e. The average Bonchev–Trinajstić information content (AvgIpc) is 2.80. The fourth-order valence-electron chi connectivity index (χ4n) is 2.20. The van der Waals surface area contributed by atoms with Crippen LogP contribution in [0.1, 0.15) is 11.1 Å². The summed E-state index contributed by atoms with van der Waals surface area (Å²) in [7, 11) is 0. The molecule has 7 heteroatoms. The summed E-state index contributed by atoms with van der Waals surface area (Å²) in [6, 6.07) is 11.6. The first kappa shape index (κ1) is 16.9. The highest BCUT2D eigenvalue weighted by molar-refractivity contribution is 8.18. The molecule has 0 unspecified atom stereocenters. The largest absolute Gasteiger partial charge is 0.506 e. The molecule has 1 N–H and O–H groups in total. The Bertz CT molecular complexity index is 867.